The van der Waals surface area contributed by atoms with Crippen molar-refractivity contribution in [2.24, 2.45) is 0 Å². The number of nitrogens with zero attached hydrogens (tertiary/aromatic N) is 1. The van der Waals surface area contributed by atoms with E-state index in [0.29, 0.717) is 17.1 Å². The number of rotatable bonds is 4. The lowest BCUT2D eigenvalue weighted by Crippen LogP contribution is -2.04. The second-order valence-electron chi connectivity index (χ2n) is 5.89. The number of aromatic carboxylic acids is 1. The molecule has 0 saturated carbocycles. The third-order valence-corrected chi connectivity index (χ3v) is 4.33. The second-order valence-corrected chi connectivity index (χ2v) is 5.89. The molecule has 0 saturated heterocycles. The molecule has 5 heteroatoms. The SMILES string of the molecule is COc1cc(Nc2c(C(=O)O)ccc3ccccc23)c2ncccc2c1. The molecule has 4 rings (SSSR count). The highest BCUT2D eigenvalue weighted by molar-refractivity contribution is 6.08. The molecule has 128 valence electrons. The number of pyridine rings is 1. The molecule has 0 aliphatic heterocycles. The zero-order valence-electron chi connectivity index (χ0n) is 14.1. The van der Waals surface area contributed by atoms with Gasteiger partial charge in [0.25, 0.3) is 0 Å². The van der Waals surface area contributed by atoms with E-state index in [1.54, 1.807) is 19.4 Å². The van der Waals surface area contributed by atoms with Gasteiger partial charge in [-0.15, -0.1) is 0 Å². The summed E-state index contributed by atoms with van der Waals surface area (Å²) in [6, 6.07) is 18.6. The lowest BCUT2D eigenvalue weighted by molar-refractivity contribution is 0.0698. The summed E-state index contributed by atoms with van der Waals surface area (Å²) in [6.45, 7) is 0. The molecule has 2 N–H and O–H groups in total. The first-order valence-corrected chi connectivity index (χ1v) is 8.12. The maximum absolute atomic E-state index is 11.8. The Labute approximate surface area is 149 Å². The van der Waals surface area contributed by atoms with Gasteiger partial charge in [-0.05, 0) is 23.6 Å². The Morgan fingerprint density at radius 3 is 2.65 bits per heavy atom. The molecule has 4 aromatic rings. The minimum Gasteiger partial charge on any atom is -0.497 e. The van der Waals surface area contributed by atoms with Crippen LogP contribution in [0.1, 0.15) is 10.4 Å². The fourth-order valence-electron chi connectivity index (χ4n) is 3.10. The Kier molecular flexibility index (Phi) is 3.89. The van der Waals surface area contributed by atoms with Gasteiger partial charge in [-0.2, -0.15) is 0 Å². The number of anilines is 2. The highest BCUT2D eigenvalue weighted by Crippen LogP contribution is 2.34. The fraction of sp³-hybridized carbons (Fsp3) is 0.0476. The van der Waals surface area contributed by atoms with Crippen LogP contribution in [0.4, 0.5) is 11.4 Å². The zero-order chi connectivity index (χ0) is 18.1. The van der Waals surface area contributed by atoms with Crippen molar-refractivity contribution in [2.45, 2.75) is 0 Å². The van der Waals surface area contributed by atoms with Crippen molar-refractivity contribution in [1.82, 2.24) is 4.98 Å². The molecular weight excluding hydrogens is 328 g/mol. The quantitative estimate of drug-likeness (QED) is 0.554. The molecule has 0 aliphatic carbocycles. The number of ether oxygens (including phenoxy) is 1. The average Bonchev–Trinajstić information content (AvgIpc) is 2.67. The van der Waals surface area contributed by atoms with Crippen molar-refractivity contribution in [3.05, 3.63) is 72.4 Å². The maximum Gasteiger partial charge on any atom is 0.337 e. The average molecular weight is 344 g/mol. The van der Waals surface area contributed by atoms with E-state index in [0.717, 1.165) is 21.7 Å². The molecule has 5 nitrogen and oxygen atoms in total. The number of hydrogen-bond donors (Lipinski definition) is 2. The van der Waals surface area contributed by atoms with Crippen molar-refractivity contribution >= 4 is 39.0 Å². The predicted octanol–water partition coefficient (Wildman–Crippen LogP) is 4.84. The van der Waals surface area contributed by atoms with Crippen LogP contribution in [0.2, 0.25) is 0 Å². The standard InChI is InChI=1S/C21H16N2O3/c1-26-15-11-14-6-4-10-22-19(14)18(12-15)23-20-16-7-3-2-5-13(16)8-9-17(20)21(24)25/h2-12,23H,1H3,(H,24,25). The van der Waals surface area contributed by atoms with E-state index >= 15 is 0 Å². The first-order valence-electron chi connectivity index (χ1n) is 8.12. The Morgan fingerprint density at radius 2 is 1.85 bits per heavy atom. The zero-order valence-corrected chi connectivity index (χ0v) is 14.1. The van der Waals surface area contributed by atoms with Crippen LogP contribution in [-0.4, -0.2) is 23.2 Å². The summed E-state index contributed by atoms with van der Waals surface area (Å²) in [5, 5.41) is 15.6. The van der Waals surface area contributed by atoms with Crippen LogP contribution in [0.15, 0.2) is 66.9 Å². The van der Waals surface area contributed by atoms with Gasteiger partial charge in [-0.3, -0.25) is 4.98 Å². The summed E-state index contributed by atoms with van der Waals surface area (Å²) in [4.78, 5) is 16.2. The number of carbonyl (C=O) groups is 1. The molecule has 1 aromatic heterocycles. The Bertz CT molecular complexity index is 1140. The summed E-state index contributed by atoms with van der Waals surface area (Å²) in [5.74, 6) is -0.316. The first-order chi connectivity index (χ1) is 12.7. The molecule has 0 aliphatic rings. The van der Waals surface area contributed by atoms with Gasteiger partial charge in [0.15, 0.2) is 0 Å². The topological polar surface area (TPSA) is 71.5 Å². The van der Waals surface area contributed by atoms with Gasteiger partial charge in [0.05, 0.1) is 29.6 Å². The molecule has 1 heterocycles. The maximum atomic E-state index is 11.8. The van der Waals surface area contributed by atoms with Gasteiger partial charge >= 0.3 is 5.97 Å². The largest absolute Gasteiger partial charge is 0.497 e. The molecule has 0 spiro atoms. The Morgan fingerprint density at radius 1 is 1.04 bits per heavy atom. The number of methoxy groups -OCH3 is 1. The van der Waals surface area contributed by atoms with Crippen molar-refractivity contribution in [2.75, 3.05) is 12.4 Å². The summed E-state index contributed by atoms with van der Waals surface area (Å²) in [5.41, 5.74) is 2.18. The number of nitrogens with one attached hydrogen (secondary N) is 1. The van der Waals surface area contributed by atoms with Gasteiger partial charge in [0.1, 0.15) is 5.75 Å². The van der Waals surface area contributed by atoms with Crippen LogP contribution in [0.5, 0.6) is 5.75 Å². The molecule has 3 aromatic carbocycles. The molecule has 0 bridgehead atoms. The summed E-state index contributed by atoms with van der Waals surface area (Å²) >= 11 is 0. The van der Waals surface area contributed by atoms with E-state index in [2.05, 4.69) is 10.3 Å². The van der Waals surface area contributed by atoms with E-state index in [9.17, 15) is 9.90 Å². The minimum absolute atomic E-state index is 0.204. The minimum atomic E-state index is -0.988. The van der Waals surface area contributed by atoms with Gasteiger partial charge in [0.2, 0.25) is 0 Å². The van der Waals surface area contributed by atoms with E-state index < -0.39 is 5.97 Å². The highest BCUT2D eigenvalue weighted by Gasteiger charge is 2.15. The van der Waals surface area contributed by atoms with Crippen LogP contribution < -0.4 is 10.1 Å². The third-order valence-electron chi connectivity index (χ3n) is 4.33. The smallest absolute Gasteiger partial charge is 0.337 e. The van der Waals surface area contributed by atoms with Crippen LogP contribution in [0.3, 0.4) is 0 Å². The number of fused-ring (bicyclic) bond motifs is 2. The number of carboxylic acids is 1. The van der Waals surface area contributed by atoms with E-state index in [1.807, 2.05) is 54.6 Å². The summed E-state index contributed by atoms with van der Waals surface area (Å²) in [6.07, 6.45) is 1.71. The van der Waals surface area contributed by atoms with Gasteiger partial charge in [-0.1, -0.05) is 36.4 Å². The summed E-state index contributed by atoms with van der Waals surface area (Å²) < 4.78 is 5.38. The fourth-order valence-corrected chi connectivity index (χ4v) is 3.10. The number of carboxylic acid groups (broad SMARTS) is 1. The third kappa shape index (κ3) is 2.69. The van der Waals surface area contributed by atoms with Crippen LogP contribution in [0, 0.1) is 0 Å². The van der Waals surface area contributed by atoms with Gasteiger partial charge < -0.3 is 15.2 Å². The first kappa shape index (κ1) is 15.9. The Balaban J connectivity index is 1.97. The molecule has 0 atom stereocenters. The van der Waals surface area contributed by atoms with Crippen LogP contribution in [0.25, 0.3) is 21.7 Å². The normalized spacial score (nSPS) is 10.8. The molecule has 0 radical (unpaired) electrons. The molecule has 26 heavy (non-hydrogen) atoms. The highest BCUT2D eigenvalue weighted by atomic mass is 16.5. The van der Waals surface area contributed by atoms with Gasteiger partial charge in [0, 0.05) is 23.0 Å². The lowest BCUT2D eigenvalue weighted by Gasteiger charge is -2.15. The van der Waals surface area contributed by atoms with Gasteiger partial charge in [-0.25, -0.2) is 4.79 Å². The number of aromatic nitrogens is 1. The number of hydrogen-bond acceptors (Lipinski definition) is 4. The van der Waals surface area contributed by atoms with Crippen molar-refractivity contribution in [3.63, 3.8) is 0 Å². The predicted molar refractivity (Wildman–Crippen MR) is 102 cm³/mol. The molecule has 0 fully saturated rings. The molecule has 0 amide bonds. The van der Waals surface area contributed by atoms with E-state index in [4.69, 9.17) is 4.74 Å². The second kappa shape index (κ2) is 6.37. The van der Waals surface area contributed by atoms with E-state index in [1.165, 1.54) is 0 Å². The lowest BCUT2D eigenvalue weighted by atomic mass is 10.0. The summed E-state index contributed by atoms with van der Waals surface area (Å²) in [7, 11) is 1.60. The van der Waals surface area contributed by atoms with Crippen molar-refractivity contribution in [1.29, 1.82) is 0 Å². The van der Waals surface area contributed by atoms with Crippen LogP contribution in [-0.2, 0) is 0 Å². The number of benzene rings is 3. The molecular formula is C21H16N2O3. The van der Waals surface area contributed by atoms with Crippen molar-refractivity contribution < 1.29 is 14.6 Å². The van der Waals surface area contributed by atoms with E-state index in [-0.39, 0.29) is 5.56 Å². The monoisotopic (exact) mass is 344 g/mol. The van der Waals surface area contributed by atoms with Crippen molar-refractivity contribution in [3.8, 4) is 5.75 Å². The Hall–Kier alpha value is -3.60. The molecule has 0 unspecified atom stereocenters. The van der Waals surface area contributed by atoms with Crippen LogP contribution >= 0.6 is 0 Å².